The number of hydrogen-bond acceptors (Lipinski definition) is 4. The van der Waals surface area contributed by atoms with E-state index in [1.165, 1.54) is 35.8 Å². The Kier molecular flexibility index (Phi) is 4.35. The number of oxazole rings is 1. The average Bonchev–Trinajstić information content (AvgIpc) is 3.16. The van der Waals surface area contributed by atoms with E-state index >= 15 is 0 Å². The molecule has 0 bridgehead atoms. The first-order valence-electron chi connectivity index (χ1n) is 6.35. The number of halogens is 2. The molecule has 22 heavy (non-hydrogen) atoms. The van der Waals surface area contributed by atoms with Gasteiger partial charge in [-0.2, -0.15) is 0 Å². The maximum absolute atomic E-state index is 13.0. The highest BCUT2D eigenvalue weighted by atomic mass is 79.9. The average molecular weight is 381 g/mol. The summed E-state index contributed by atoms with van der Waals surface area (Å²) in [4.78, 5) is 17.3. The second kappa shape index (κ2) is 6.41. The van der Waals surface area contributed by atoms with Crippen LogP contribution < -0.4 is 5.32 Å². The van der Waals surface area contributed by atoms with Gasteiger partial charge in [0.25, 0.3) is 5.91 Å². The number of hydrogen-bond donors (Lipinski definition) is 1. The minimum Gasteiger partial charge on any atom is -0.443 e. The number of nitrogens with zero attached hydrogens (tertiary/aromatic N) is 1. The van der Waals surface area contributed by atoms with Gasteiger partial charge in [0.05, 0.1) is 22.7 Å². The van der Waals surface area contributed by atoms with Crippen LogP contribution in [-0.4, -0.2) is 10.9 Å². The summed E-state index contributed by atoms with van der Waals surface area (Å²) >= 11 is 4.70. The van der Waals surface area contributed by atoms with Gasteiger partial charge in [0.2, 0.25) is 5.89 Å². The summed E-state index contributed by atoms with van der Waals surface area (Å²) in [6, 6.07) is 7.74. The molecule has 0 spiro atoms. The van der Waals surface area contributed by atoms with E-state index in [0.29, 0.717) is 21.6 Å². The van der Waals surface area contributed by atoms with Crippen molar-refractivity contribution in [3.63, 3.8) is 0 Å². The van der Waals surface area contributed by atoms with Crippen molar-refractivity contribution in [2.24, 2.45) is 0 Å². The van der Waals surface area contributed by atoms with Gasteiger partial charge in [0, 0.05) is 4.47 Å². The molecular weight excluding hydrogens is 371 g/mol. The quantitative estimate of drug-likeness (QED) is 0.736. The summed E-state index contributed by atoms with van der Waals surface area (Å²) in [5.74, 6) is -0.185. The molecule has 3 aromatic rings. The molecule has 112 valence electrons. The Labute approximate surface area is 138 Å². The van der Waals surface area contributed by atoms with Crippen LogP contribution in [0.25, 0.3) is 10.8 Å². The normalized spacial score (nSPS) is 10.6. The second-order valence-electron chi connectivity index (χ2n) is 4.43. The van der Waals surface area contributed by atoms with E-state index in [1.54, 1.807) is 0 Å². The Hall–Kier alpha value is -1.99. The molecule has 7 heteroatoms. The third-order valence-corrected chi connectivity index (χ3v) is 4.40. The second-order valence-corrected chi connectivity index (χ2v) is 6.23. The minimum absolute atomic E-state index is 0.234. The molecule has 1 N–H and O–H groups in total. The van der Waals surface area contributed by atoms with Gasteiger partial charge in [-0.1, -0.05) is 6.07 Å². The van der Waals surface area contributed by atoms with Crippen LogP contribution in [0.5, 0.6) is 0 Å². The SMILES string of the molecule is O=C(NCc1coc(-c2cccs2)n1)c1ccc(F)cc1Br. The van der Waals surface area contributed by atoms with Crippen molar-refractivity contribution in [2.75, 3.05) is 0 Å². The molecule has 0 saturated heterocycles. The summed E-state index contributed by atoms with van der Waals surface area (Å²) in [5.41, 5.74) is 0.985. The van der Waals surface area contributed by atoms with Crippen molar-refractivity contribution < 1.29 is 13.6 Å². The summed E-state index contributed by atoms with van der Waals surface area (Å²) in [6.07, 6.45) is 1.51. The third kappa shape index (κ3) is 3.26. The van der Waals surface area contributed by atoms with Crippen LogP contribution >= 0.6 is 27.3 Å². The first kappa shape index (κ1) is 14.9. The zero-order chi connectivity index (χ0) is 15.5. The van der Waals surface area contributed by atoms with Crippen LogP contribution in [0.2, 0.25) is 0 Å². The Morgan fingerprint density at radius 3 is 3.00 bits per heavy atom. The van der Waals surface area contributed by atoms with Gasteiger partial charge in [0.15, 0.2) is 0 Å². The summed E-state index contributed by atoms with van der Waals surface area (Å²) in [5, 5.41) is 4.66. The Morgan fingerprint density at radius 2 is 2.27 bits per heavy atom. The summed E-state index contributed by atoms with van der Waals surface area (Å²) < 4.78 is 18.8. The number of rotatable bonds is 4. The van der Waals surface area contributed by atoms with Crippen molar-refractivity contribution in [3.05, 3.63) is 63.5 Å². The number of nitrogens with one attached hydrogen (secondary N) is 1. The van der Waals surface area contributed by atoms with E-state index in [-0.39, 0.29) is 12.5 Å². The topological polar surface area (TPSA) is 55.1 Å². The molecule has 2 heterocycles. The largest absolute Gasteiger partial charge is 0.443 e. The fraction of sp³-hybridized carbons (Fsp3) is 0.0667. The van der Waals surface area contributed by atoms with Gasteiger partial charge in [-0.25, -0.2) is 9.37 Å². The van der Waals surface area contributed by atoms with E-state index in [2.05, 4.69) is 26.2 Å². The van der Waals surface area contributed by atoms with Gasteiger partial charge in [0.1, 0.15) is 12.1 Å². The molecule has 1 amide bonds. The van der Waals surface area contributed by atoms with Gasteiger partial charge < -0.3 is 9.73 Å². The molecule has 0 aliphatic carbocycles. The smallest absolute Gasteiger partial charge is 0.252 e. The maximum Gasteiger partial charge on any atom is 0.252 e. The molecule has 1 aromatic carbocycles. The predicted molar refractivity (Wildman–Crippen MR) is 85.1 cm³/mol. The molecule has 0 aliphatic heterocycles. The highest BCUT2D eigenvalue weighted by Gasteiger charge is 2.12. The number of aromatic nitrogens is 1. The van der Waals surface area contributed by atoms with Crippen LogP contribution in [0.1, 0.15) is 16.1 Å². The number of carbonyl (C=O) groups excluding carboxylic acids is 1. The van der Waals surface area contributed by atoms with E-state index in [1.807, 2.05) is 17.5 Å². The highest BCUT2D eigenvalue weighted by molar-refractivity contribution is 9.10. The maximum atomic E-state index is 13.0. The van der Waals surface area contributed by atoms with Gasteiger partial charge in [-0.05, 0) is 45.6 Å². The zero-order valence-electron chi connectivity index (χ0n) is 11.2. The van der Waals surface area contributed by atoms with Crippen molar-refractivity contribution in [2.45, 2.75) is 6.54 Å². The van der Waals surface area contributed by atoms with Gasteiger partial charge >= 0.3 is 0 Å². The predicted octanol–water partition coefficient (Wildman–Crippen LogP) is 4.23. The summed E-state index contributed by atoms with van der Waals surface area (Å²) in [7, 11) is 0. The molecule has 0 atom stereocenters. The van der Waals surface area contributed by atoms with Gasteiger partial charge in [-0.3, -0.25) is 4.79 Å². The molecule has 0 fully saturated rings. The Bertz CT molecular complexity index is 802. The first-order chi connectivity index (χ1) is 10.6. The number of benzene rings is 1. The fourth-order valence-corrected chi connectivity index (χ4v) is 3.03. The zero-order valence-corrected chi connectivity index (χ0v) is 13.6. The number of carbonyl (C=O) groups is 1. The third-order valence-electron chi connectivity index (χ3n) is 2.89. The molecular formula is C15H10BrFN2O2S. The van der Waals surface area contributed by atoms with Crippen molar-refractivity contribution in [3.8, 4) is 10.8 Å². The Morgan fingerprint density at radius 1 is 1.41 bits per heavy atom. The molecule has 3 rings (SSSR count). The highest BCUT2D eigenvalue weighted by Crippen LogP contribution is 2.23. The van der Waals surface area contributed by atoms with E-state index in [0.717, 1.165) is 4.88 Å². The van der Waals surface area contributed by atoms with Crippen LogP contribution in [0, 0.1) is 5.82 Å². The lowest BCUT2D eigenvalue weighted by atomic mass is 10.2. The van der Waals surface area contributed by atoms with E-state index in [4.69, 9.17) is 4.42 Å². The van der Waals surface area contributed by atoms with Crippen molar-refractivity contribution >= 4 is 33.2 Å². The van der Waals surface area contributed by atoms with Crippen LogP contribution in [0.3, 0.4) is 0 Å². The molecule has 4 nitrogen and oxygen atoms in total. The molecule has 0 radical (unpaired) electrons. The lowest BCUT2D eigenvalue weighted by Crippen LogP contribution is -2.23. The van der Waals surface area contributed by atoms with E-state index < -0.39 is 5.82 Å². The van der Waals surface area contributed by atoms with Gasteiger partial charge in [-0.15, -0.1) is 11.3 Å². The van der Waals surface area contributed by atoms with Crippen LogP contribution in [0.4, 0.5) is 4.39 Å². The van der Waals surface area contributed by atoms with Crippen LogP contribution in [0.15, 0.2) is 50.9 Å². The number of thiophene rings is 1. The fourth-order valence-electron chi connectivity index (χ4n) is 1.84. The molecule has 2 aromatic heterocycles. The molecule has 0 unspecified atom stereocenters. The van der Waals surface area contributed by atoms with E-state index in [9.17, 15) is 9.18 Å². The molecule has 0 aliphatic rings. The lowest BCUT2D eigenvalue weighted by Gasteiger charge is -2.05. The molecule has 0 saturated carbocycles. The standard InChI is InChI=1S/C15H10BrFN2O2S/c16-12-6-9(17)3-4-11(12)14(20)18-7-10-8-21-15(19-10)13-2-1-5-22-13/h1-6,8H,7H2,(H,18,20). The summed E-state index contributed by atoms with van der Waals surface area (Å²) in [6.45, 7) is 0.234. The Balaban J connectivity index is 1.66. The van der Waals surface area contributed by atoms with Crippen molar-refractivity contribution in [1.82, 2.24) is 10.3 Å². The first-order valence-corrected chi connectivity index (χ1v) is 8.02. The van der Waals surface area contributed by atoms with Crippen molar-refractivity contribution in [1.29, 1.82) is 0 Å². The monoisotopic (exact) mass is 380 g/mol. The minimum atomic E-state index is -0.402. The lowest BCUT2D eigenvalue weighted by molar-refractivity contribution is 0.0949. The van der Waals surface area contributed by atoms with Crippen LogP contribution in [-0.2, 0) is 6.54 Å². The number of amides is 1.